The van der Waals surface area contributed by atoms with Crippen molar-refractivity contribution in [1.29, 1.82) is 0 Å². The molecule has 0 amide bonds. The third kappa shape index (κ3) is 1.41. The highest BCUT2D eigenvalue weighted by molar-refractivity contribution is 5.04. The molecule has 0 aliphatic heterocycles. The molecule has 0 heterocycles. The Morgan fingerprint density at radius 3 is 2.23 bits per heavy atom. The van der Waals surface area contributed by atoms with Crippen LogP contribution in [0.25, 0.3) is 0 Å². The first-order valence-corrected chi connectivity index (χ1v) is 5.37. The number of quaternary nitrogens is 1. The first-order chi connectivity index (χ1) is 5.57. The molecule has 78 valence electrons. The summed E-state index contributed by atoms with van der Waals surface area (Å²) in [4.78, 5) is 0. The van der Waals surface area contributed by atoms with E-state index in [1.807, 2.05) is 0 Å². The number of nitrogens with two attached hydrogens (primary N) is 1. The van der Waals surface area contributed by atoms with Crippen LogP contribution in [0.2, 0.25) is 0 Å². The number of halogens is 1. The summed E-state index contributed by atoms with van der Waals surface area (Å²) < 4.78 is 0. The van der Waals surface area contributed by atoms with Gasteiger partial charge in [0.05, 0.1) is 13.1 Å². The average molecular weight is 204 g/mol. The highest BCUT2D eigenvalue weighted by Crippen LogP contribution is 2.60. The van der Waals surface area contributed by atoms with Gasteiger partial charge in [-0.3, -0.25) is 0 Å². The fraction of sp³-hybridized carbons (Fsp3) is 1.00. The van der Waals surface area contributed by atoms with Crippen LogP contribution in [0.15, 0.2) is 0 Å². The fourth-order valence-corrected chi connectivity index (χ4v) is 3.63. The zero-order valence-corrected chi connectivity index (χ0v) is 9.93. The fourth-order valence-electron chi connectivity index (χ4n) is 3.63. The van der Waals surface area contributed by atoms with E-state index in [1.165, 1.54) is 12.8 Å². The molecule has 0 unspecified atom stereocenters. The molecule has 0 aromatic rings. The van der Waals surface area contributed by atoms with Gasteiger partial charge in [-0.05, 0) is 23.7 Å². The Kier molecular flexibility index (Phi) is 2.99. The smallest absolute Gasteiger partial charge is 0.0888 e. The maximum Gasteiger partial charge on any atom is 0.0888 e. The van der Waals surface area contributed by atoms with E-state index in [-0.39, 0.29) is 12.4 Å². The van der Waals surface area contributed by atoms with Gasteiger partial charge in [0.15, 0.2) is 0 Å². The molecule has 3 fully saturated rings. The topological polar surface area (TPSA) is 16.6 Å². The van der Waals surface area contributed by atoms with Crippen molar-refractivity contribution in [3.8, 4) is 0 Å². The predicted molar refractivity (Wildman–Crippen MR) is 50.8 cm³/mol. The van der Waals surface area contributed by atoms with Gasteiger partial charge in [0.2, 0.25) is 0 Å². The van der Waals surface area contributed by atoms with Gasteiger partial charge < -0.3 is 17.7 Å². The van der Waals surface area contributed by atoms with E-state index in [0.29, 0.717) is 5.41 Å². The largest absolute Gasteiger partial charge is 1.00 e. The third-order valence-electron chi connectivity index (χ3n) is 4.84. The quantitative estimate of drug-likeness (QED) is 0.521. The van der Waals surface area contributed by atoms with Crippen molar-refractivity contribution in [1.82, 2.24) is 0 Å². The van der Waals surface area contributed by atoms with Crippen molar-refractivity contribution >= 4 is 0 Å². The Bertz CT molecular complexity index is 191. The van der Waals surface area contributed by atoms with Crippen LogP contribution in [-0.2, 0) is 0 Å². The van der Waals surface area contributed by atoms with Gasteiger partial charge in [0, 0.05) is 12.3 Å². The van der Waals surface area contributed by atoms with Gasteiger partial charge in [-0.1, -0.05) is 20.8 Å². The molecule has 0 aromatic heterocycles. The Morgan fingerprint density at radius 1 is 1.23 bits per heavy atom. The zero-order chi connectivity index (χ0) is 8.93. The summed E-state index contributed by atoms with van der Waals surface area (Å²) in [5.74, 6) is 2.98. The molecule has 2 bridgehead atoms. The summed E-state index contributed by atoms with van der Waals surface area (Å²) in [7, 11) is 2.24. The monoisotopic (exact) mass is 203 g/mol. The first kappa shape index (κ1) is 11.3. The summed E-state index contributed by atoms with van der Waals surface area (Å²) in [6, 6.07) is 0.918. The molecule has 2 heteroatoms. The number of rotatable bonds is 1. The molecule has 3 saturated carbocycles. The molecular formula is C11H22ClN. The van der Waals surface area contributed by atoms with Crippen LogP contribution >= 0.6 is 0 Å². The van der Waals surface area contributed by atoms with Crippen LogP contribution in [0.3, 0.4) is 0 Å². The SMILES string of the molecule is C[NH2+][C@@H]1C[C@@H]2C[C@@H]([C@@H]1C)C2(C)C.[Cl-]. The normalized spacial score (nSPS) is 46.2. The van der Waals surface area contributed by atoms with Gasteiger partial charge in [0.25, 0.3) is 0 Å². The van der Waals surface area contributed by atoms with Gasteiger partial charge in [-0.2, -0.15) is 0 Å². The van der Waals surface area contributed by atoms with E-state index < -0.39 is 0 Å². The number of hydrogen-bond donors (Lipinski definition) is 1. The van der Waals surface area contributed by atoms with Crippen molar-refractivity contribution in [2.75, 3.05) is 7.05 Å². The van der Waals surface area contributed by atoms with Crippen molar-refractivity contribution in [3.05, 3.63) is 0 Å². The number of hydrogen-bond acceptors (Lipinski definition) is 0. The zero-order valence-electron chi connectivity index (χ0n) is 9.18. The van der Waals surface area contributed by atoms with Crippen molar-refractivity contribution in [2.45, 2.75) is 39.7 Å². The summed E-state index contributed by atoms with van der Waals surface area (Å²) in [5, 5.41) is 2.43. The molecule has 0 aromatic carbocycles. The number of fused-ring (bicyclic) bond motifs is 2. The molecule has 0 radical (unpaired) electrons. The maximum atomic E-state index is 2.47. The minimum absolute atomic E-state index is 0. The molecule has 4 atom stereocenters. The standard InChI is InChI=1S/C11H21N.ClH/c1-7-9-5-8(11(9,2)3)6-10(7)12-4;/h7-10,12H,5-6H2,1-4H3;1H/t7-,8-,9-,10+;/m0./s1. The van der Waals surface area contributed by atoms with E-state index in [2.05, 4.69) is 33.1 Å². The Labute approximate surface area is 88.1 Å². The lowest BCUT2D eigenvalue weighted by Crippen LogP contribution is -3.00. The van der Waals surface area contributed by atoms with Crippen LogP contribution in [-0.4, -0.2) is 13.1 Å². The van der Waals surface area contributed by atoms with Gasteiger partial charge in [-0.25, -0.2) is 0 Å². The molecule has 0 spiro atoms. The van der Waals surface area contributed by atoms with Crippen molar-refractivity contribution in [2.24, 2.45) is 23.2 Å². The highest BCUT2D eigenvalue weighted by Gasteiger charge is 2.57. The lowest BCUT2D eigenvalue weighted by atomic mass is 9.45. The Morgan fingerprint density at radius 2 is 1.85 bits per heavy atom. The second-order valence-corrected chi connectivity index (χ2v) is 5.45. The minimum atomic E-state index is 0. The molecule has 2 N–H and O–H groups in total. The lowest BCUT2D eigenvalue weighted by molar-refractivity contribution is -0.680. The summed E-state index contributed by atoms with van der Waals surface area (Å²) in [6.07, 6.45) is 2.97. The van der Waals surface area contributed by atoms with Crippen molar-refractivity contribution < 1.29 is 17.7 Å². The van der Waals surface area contributed by atoms with Gasteiger partial charge in [0.1, 0.15) is 0 Å². The van der Waals surface area contributed by atoms with Gasteiger partial charge >= 0.3 is 0 Å². The van der Waals surface area contributed by atoms with Crippen LogP contribution in [0.1, 0.15) is 33.6 Å². The highest BCUT2D eigenvalue weighted by atomic mass is 35.5. The molecule has 3 rings (SSSR count). The minimum Gasteiger partial charge on any atom is -1.00 e. The summed E-state index contributed by atoms with van der Waals surface area (Å²) in [6.45, 7) is 7.38. The molecule has 13 heavy (non-hydrogen) atoms. The second-order valence-electron chi connectivity index (χ2n) is 5.45. The molecule has 3 aliphatic carbocycles. The van der Waals surface area contributed by atoms with Gasteiger partial charge in [-0.15, -0.1) is 0 Å². The molecule has 0 saturated heterocycles. The molecule has 3 aliphatic rings. The van der Waals surface area contributed by atoms with Crippen molar-refractivity contribution in [3.63, 3.8) is 0 Å². The van der Waals surface area contributed by atoms with E-state index >= 15 is 0 Å². The van der Waals surface area contributed by atoms with Crippen LogP contribution in [0.5, 0.6) is 0 Å². The summed E-state index contributed by atoms with van der Waals surface area (Å²) in [5.41, 5.74) is 0.666. The summed E-state index contributed by atoms with van der Waals surface area (Å²) >= 11 is 0. The van der Waals surface area contributed by atoms with E-state index in [1.54, 1.807) is 0 Å². The average Bonchev–Trinajstić information content (AvgIpc) is 2.03. The Hall–Kier alpha value is 0.250. The first-order valence-electron chi connectivity index (χ1n) is 5.37. The molecule has 1 nitrogen and oxygen atoms in total. The molecular weight excluding hydrogens is 182 g/mol. The predicted octanol–water partition coefficient (Wildman–Crippen LogP) is -1.75. The van der Waals surface area contributed by atoms with Crippen LogP contribution in [0.4, 0.5) is 0 Å². The third-order valence-corrected chi connectivity index (χ3v) is 4.84. The van der Waals surface area contributed by atoms with E-state index in [0.717, 1.165) is 23.8 Å². The Balaban J connectivity index is 0.000000845. The van der Waals surface area contributed by atoms with Crippen LogP contribution in [0, 0.1) is 23.2 Å². The second kappa shape index (κ2) is 3.43. The van der Waals surface area contributed by atoms with E-state index in [9.17, 15) is 0 Å². The van der Waals surface area contributed by atoms with E-state index in [4.69, 9.17) is 0 Å². The van der Waals surface area contributed by atoms with Crippen LogP contribution < -0.4 is 17.7 Å². The lowest BCUT2D eigenvalue weighted by Gasteiger charge is -2.60. The maximum absolute atomic E-state index is 2.47.